The molecule has 0 spiro atoms. The highest BCUT2D eigenvalue weighted by Gasteiger charge is 2.26. The molecular weight excluding hydrogens is 446 g/mol. The summed E-state index contributed by atoms with van der Waals surface area (Å²) in [6.45, 7) is 4.19. The number of aromatic nitrogens is 2. The molecule has 0 atom stereocenters. The molecule has 0 bridgehead atoms. The largest absolute Gasteiger partial charge is 0.484 e. The van der Waals surface area contributed by atoms with Crippen LogP contribution in [0.25, 0.3) is 0 Å². The molecule has 1 aromatic heterocycles. The molecule has 0 saturated heterocycles. The monoisotopic (exact) mass is 471 g/mol. The maximum atomic E-state index is 13.4. The molecule has 0 radical (unpaired) electrons. The van der Waals surface area contributed by atoms with Crippen LogP contribution in [0.2, 0.25) is 0 Å². The Labute approximate surface area is 203 Å². The van der Waals surface area contributed by atoms with Crippen molar-refractivity contribution >= 4 is 29.0 Å². The fourth-order valence-corrected chi connectivity index (χ4v) is 4.72. The van der Waals surface area contributed by atoms with Crippen molar-refractivity contribution in [2.24, 2.45) is 0 Å². The SMILES string of the molecule is Cc1ccc(C)c(OCc2nnc(SCC(=O)N3c4ccccc4CCc4ccccc43)o2)c1. The first-order valence-electron chi connectivity index (χ1n) is 11.2. The molecule has 1 aliphatic heterocycles. The summed E-state index contributed by atoms with van der Waals surface area (Å²) in [6.07, 6.45) is 1.80. The molecule has 2 heterocycles. The minimum atomic E-state index is -0.0295. The second kappa shape index (κ2) is 9.73. The Hall–Kier alpha value is -3.58. The molecule has 0 fully saturated rings. The van der Waals surface area contributed by atoms with Gasteiger partial charge in [-0.25, -0.2) is 0 Å². The van der Waals surface area contributed by atoms with E-state index < -0.39 is 0 Å². The lowest BCUT2D eigenvalue weighted by molar-refractivity contribution is -0.115. The van der Waals surface area contributed by atoms with Gasteiger partial charge in [0.1, 0.15) is 5.75 Å². The molecule has 1 aliphatic rings. The van der Waals surface area contributed by atoms with Gasteiger partial charge in [0, 0.05) is 0 Å². The summed E-state index contributed by atoms with van der Waals surface area (Å²) in [4.78, 5) is 15.3. The highest BCUT2D eigenvalue weighted by molar-refractivity contribution is 7.99. The third-order valence-electron chi connectivity index (χ3n) is 5.84. The van der Waals surface area contributed by atoms with E-state index >= 15 is 0 Å². The van der Waals surface area contributed by atoms with Gasteiger partial charge in [0.15, 0.2) is 6.61 Å². The first-order valence-corrected chi connectivity index (χ1v) is 12.2. The number of nitrogens with zero attached hydrogens (tertiary/aromatic N) is 3. The van der Waals surface area contributed by atoms with Gasteiger partial charge in [0.05, 0.1) is 17.1 Å². The fraction of sp³-hybridized carbons (Fsp3) is 0.222. The molecule has 4 aromatic rings. The van der Waals surface area contributed by atoms with Crippen molar-refractivity contribution < 1.29 is 13.9 Å². The van der Waals surface area contributed by atoms with Crippen molar-refractivity contribution in [3.05, 3.63) is 94.9 Å². The van der Waals surface area contributed by atoms with E-state index in [1.165, 1.54) is 22.9 Å². The van der Waals surface area contributed by atoms with Crippen molar-refractivity contribution in [3.8, 4) is 5.75 Å². The Bertz CT molecular complexity index is 1290. The maximum absolute atomic E-state index is 13.4. The summed E-state index contributed by atoms with van der Waals surface area (Å²) >= 11 is 1.24. The molecule has 0 aliphatic carbocycles. The van der Waals surface area contributed by atoms with E-state index in [2.05, 4.69) is 22.3 Å². The molecule has 6 nitrogen and oxygen atoms in total. The number of hydrogen-bond acceptors (Lipinski definition) is 6. The number of anilines is 2. The topological polar surface area (TPSA) is 68.5 Å². The average Bonchev–Trinajstić information content (AvgIpc) is 3.24. The van der Waals surface area contributed by atoms with Crippen LogP contribution < -0.4 is 9.64 Å². The zero-order chi connectivity index (χ0) is 23.5. The Morgan fingerprint density at radius 1 is 0.971 bits per heavy atom. The Kier molecular flexibility index (Phi) is 6.36. The lowest BCUT2D eigenvalue weighted by Gasteiger charge is -2.24. The van der Waals surface area contributed by atoms with Crippen LogP contribution in [0, 0.1) is 13.8 Å². The Morgan fingerprint density at radius 2 is 1.65 bits per heavy atom. The molecule has 0 saturated carbocycles. The number of para-hydroxylation sites is 2. The van der Waals surface area contributed by atoms with E-state index in [9.17, 15) is 4.79 Å². The van der Waals surface area contributed by atoms with E-state index in [1.54, 1.807) is 0 Å². The third-order valence-corrected chi connectivity index (χ3v) is 6.64. The molecule has 0 unspecified atom stereocenters. The number of fused-ring (bicyclic) bond motifs is 2. The molecule has 1 amide bonds. The number of amides is 1. The molecule has 7 heteroatoms. The minimum absolute atomic E-state index is 0.0295. The maximum Gasteiger partial charge on any atom is 0.277 e. The Balaban J connectivity index is 1.28. The number of carbonyl (C=O) groups excluding carboxylic acids is 1. The number of carbonyl (C=O) groups is 1. The van der Waals surface area contributed by atoms with Gasteiger partial charge >= 0.3 is 0 Å². The smallest absolute Gasteiger partial charge is 0.277 e. The summed E-state index contributed by atoms with van der Waals surface area (Å²) in [5.41, 5.74) is 6.37. The number of ether oxygens (including phenoxy) is 1. The standard InChI is InChI=1S/C27H25N3O3S/c1-18-11-12-19(2)24(15-18)32-16-25-28-29-27(33-25)34-17-26(31)30-22-9-5-3-7-20(22)13-14-21-8-4-6-10-23(21)30/h3-12,15H,13-14,16-17H2,1-2H3. The molecule has 172 valence electrons. The van der Waals surface area contributed by atoms with Crippen LogP contribution in [0.5, 0.6) is 5.75 Å². The first kappa shape index (κ1) is 22.2. The zero-order valence-corrected chi connectivity index (χ0v) is 20.0. The van der Waals surface area contributed by atoms with Gasteiger partial charge in [0.25, 0.3) is 11.1 Å². The van der Waals surface area contributed by atoms with Crippen LogP contribution in [0.15, 0.2) is 76.4 Å². The third kappa shape index (κ3) is 4.70. The predicted octanol–water partition coefficient (Wildman–Crippen LogP) is 5.82. The van der Waals surface area contributed by atoms with Gasteiger partial charge in [0.2, 0.25) is 5.91 Å². The number of thioether (sulfide) groups is 1. The Morgan fingerprint density at radius 3 is 2.35 bits per heavy atom. The van der Waals surface area contributed by atoms with Crippen LogP contribution in [0.4, 0.5) is 11.4 Å². The summed E-state index contributed by atoms with van der Waals surface area (Å²) in [5, 5.41) is 8.51. The lowest BCUT2D eigenvalue weighted by Crippen LogP contribution is -2.28. The highest BCUT2D eigenvalue weighted by Crippen LogP contribution is 2.36. The van der Waals surface area contributed by atoms with Crippen molar-refractivity contribution in [2.75, 3.05) is 10.7 Å². The minimum Gasteiger partial charge on any atom is -0.484 e. The van der Waals surface area contributed by atoms with E-state index in [0.717, 1.165) is 41.1 Å². The molecule has 0 N–H and O–H groups in total. The van der Waals surface area contributed by atoms with Crippen LogP contribution in [0.1, 0.15) is 28.1 Å². The molecule has 5 rings (SSSR count). The highest BCUT2D eigenvalue weighted by atomic mass is 32.2. The number of rotatable bonds is 6. The van der Waals surface area contributed by atoms with Crippen molar-refractivity contribution in [1.29, 1.82) is 0 Å². The van der Waals surface area contributed by atoms with Gasteiger partial charge in [-0.05, 0) is 67.1 Å². The fourth-order valence-electron chi connectivity index (χ4n) is 4.09. The zero-order valence-electron chi connectivity index (χ0n) is 19.2. The first-order chi connectivity index (χ1) is 16.6. The molecule has 3 aromatic carbocycles. The predicted molar refractivity (Wildman–Crippen MR) is 133 cm³/mol. The van der Waals surface area contributed by atoms with E-state index in [0.29, 0.717) is 11.1 Å². The van der Waals surface area contributed by atoms with Gasteiger partial charge in [-0.15, -0.1) is 10.2 Å². The average molecular weight is 472 g/mol. The van der Waals surface area contributed by atoms with Crippen molar-refractivity contribution in [3.63, 3.8) is 0 Å². The van der Waals surface area contributed by atoms with E-state index in [4.69, 9.17) is 9.15 Å². The van der Waals surface area contributed by atoms with E-state index in [-0.39, 0.29) is 18.3 Å². The number of benzene rings is 3. The quantitative estimate of drug-likeness (QED) is 0.330. The molecular formula is C27H25N3O3S. The van der Waals surface area contributed by atoms with Gasteiger partial charge in [-0.3, -0.25) is 9.69 Å². The van der Waals surface area contributed by atoms with Crippen LogP contribution >= 0.6 is 11.8 Å². The van der Waals surface area contributed by atoms with Crippen LogP contribution in [-0.2, 0) is 24.2 Å². The number of aryl methyl sites for hydroxylation is 4. The normalized spacial score (nSPS) is 12.6. The second-order valence-electron chi connectivity index (χ2n) is 8.29. The van der Waals surface area contributed by atoms with Gasteiger partial charge in [-0.2, -0.15) is 0 Å². The number of hydrogen-bond donors (Lipinski definition) is 0. The van der Waals surface area contributed by atoms with Gasteiger partial charge in [-0.1, -0.05) is 60.3 Å². The van der Waals surface area contributed by atoms with Crippen LogP contribution in [0.3, 0.4) is 0 Å². The van der Waals surface area contributed by atoms with Crippen molar-refractivity contribution in [1.82, 2.24) is 10.2 Å². The second-order valence-corrected chi connectivity index (χ2v) is 9.22. The van der Waals surface area contributed by atoms with Crippen molar-refractivity contribution in [2.45, 2.75) is 38.5 Å². The summed E-state index contributed by atoms with van der Waals surface area (Å²) in [7, 11) is 0. The lowest BCUT2D eigenvalue weighted by atomic mass is 10.0. The van der Waals surface area contributed by atoms with E-state index in [1.807, 2.05) is 73.3 Å². The summed E-state index contributed by atoms with van der Waals surface area (Å²) in [6, 6.07) is 22.2. The van der Waals surface area contributed by atoms with Gasteiger partial charge < -0.3 is 9.15 Å². The summed E-state index contributed by atoms with van der Waals surface area (Å²) < 4.78 is 11.6. The summed E-state index contributed by atoms with van der Waals surface area (Å²) in [5.74, 6) is 1.32. The van der Waals surface area contributed by atoms with Crippen LogP contribution in [-0.4, -0.2) is 21.9 Å². The molecule has 34 heavy (non-hydrogen) atoms.